The third-order valence-electron chi connectivity index (χ3n) is 5.82. The van der Waals surface area contributed by atoms with Crippen LogP contribution in [0, 0.1) is 0 Å². The Balaban J connectivity index is 0.00000420. The molecular weight excluding hydrogens is 477 g/mol. The third-order valence-corrected chi connectivity index (χ3v) is 5.82. The Morgan fingerprint density at radius 1 is 1.14 bits per heavy atom. The Labute approximate surface area is 194 Å². The molecule has 0 aliphatic carbocycles. The van der Waals surface area contributed by atoms with Gasteiger partial charge in [-0.05, 0) is 25.3 Å². The van der Waals surface area contributed by atoms with Crippen LogP contribution in [0.25, 0.3) is 0 Å². The van der Waals surface area contributed by atoms with Crippen LogP contribution in [-0.2, 0) is 4.74 Å². The molecule has 6 nitrogen and oxygen atoms in total. The number of ether oxygens (including phenoxy) is 1. The molecule has 2 rings (SSSR count). The van der Waals surface area contributed by atoms with Gasteiger partial charge in [0.1, 0.15) is 0 Å². The number of nitrogens with zero attached hydrogens (tertiary/aromatic N) is 2. The van der Waals surface area contributed by atoms with Crippen LogP contribution in [0.2, 0.25) is 0 Å². The number of guanidine groups is 1. The van der Waals surface area contributed by atoms with Gasteiger partial charge in [-0.2, -0.15) is 0 Å². The minimum atomic E-state index is 0. The lowest BCUT2D eigenvalue weighted by Gasteiger charge is -2.37. The molecule has 1 fully saturated rings. The van der Waals surface area contributed by atoms with Crippen molar-refractivity contribution in [2.24, 2.45) is 4.99 Å². The highest BCUT2D eigenvalue weighted by atomic mass is 127. The summed E-state index contributed by atoms with van der Waals surface area (Å²) < 4.78 is 5.41. The normalized spacial score (nSPS) is 16.8. The van der Waals surface area contributed by atoms with Crippen LogP contribution in [0.4, 0.5) is 0 Å². The number of morpholine rings is 1. The summed E-state index contributed by atoms with van der Waals surface area (Å²) in [6.07, 6.45) is 2.11. The number of hydrogen-bond donors (Lipinski definition) is 3. The molecule has 0 aromatic heterocycles. The molecule has 1 unspecified atom stereocenters. The predicted octanol–water partition coefficient (Wildman–Crippen LogP) is 3.01. The Hall–Kier alpha value is -0.900. The van der Waals surface area contributed by atoms with Crippen LogP contribution in [0.1, 0.15) is 45.2 Å². The lowest BCUT2D eigenvalue weighted by molar-refractivity contribution is 0.0389. The molecule has 1 heterocycles. The van der Waals surface area contributed by atoms with E-state index in [1.807, 2.05) is 7.05 Å². The average Bonchev–Trinajstić information content (AvgIpc) is 2.76. The quantitative estimate of drug-likeness (QED) is 0.253. The molecule has 1 aromatic rings. The summed E-state index contributed by atoms with van der Waals surface area (Å²) in [6.45, 7) is 13.2. The fourth-order valence-corrected chi connectivity index (χ4v) is 3.67. The lowest BCUT2D eigenvalue weighted by Crippen LogP contribution is -2.55. The predicted molar refractivity (Wildman–Crippen MR) is 133 cm³/mol. The molecule has 0 amide bonds. The van der Waals surface area contributed by atoms with Crippen molar-refractivity contribution in [1.82, 2.24) is 20.9 Å². The molecule has 0 spiro atoms. The maximum atomic E-state index is 5.41. The highest BCUT2D eigenvalue weighted by molar-refractivity contribution is 14.0. The van der Waals surface area contributed by atoms with E-state index in [1.165, 1.54) is 5.56 Å². The highest BCUT2D eigenvalue weighted by Crippen LogP contribution is 2.21. The van der Waals surface area contributed by atoms with Crippen molar-refractivity contribution in [3.63, 3.8) is 0 Å². The van der Waals surface area contributed by atoms with Crippen molar-refractivity contribution in [2.75, 3.05) is 53.0 Å². The molecule has 1 aliphatic heterocycles. The van der Waals surface area contributed by atoms with E-state index in [4.69, 9.17) is 4.74 Å². The van der Waals surface area contributed by atoms with E-state index < -0.39 is 0 Å². The van der Waals surface area contributed by atoms with E-state index in [2.05, 4.69) is 76.9 Å². The molecule has 1 saturated heterocycles. The fourth-order valence-electron chi connectivity index (χ4n) is 3.67. The zero-order valence-electron chi connectivity index (χ0n) is 18.5. The van der Waals surface area contributed by atoms with E-state index in [9.17, 15) is 0 Å². The van der Waals surface area contributed by atoms with E-state index in [1.54, 1.807) is 0 Å². The highest BCUT2D eigenvalue weighted by Gasteiger charge is 2.28. The Kier molecular flexibility index (Phi) is 12.8. The first-order valence-electron chi connectivity index (χ1n) is 10.7. The van der Waals surface area contributed by atoms with E-state index in [-0.39, 0.29) is 29.5 Å². The van der Waals surface area contributed by atoms with Crippen LogP contribution in [0.5, 0.6) is 0 Å². The van der Waals surface area contributed by atoms with E-state index in [0.717, 1.165) is 64.7 Å². The van der Waals surface area contributed by atoms with Crippen LogP contribution in [-0.4, -0.2) is 69.4 Å². The monoisotopic (exact) mass is 517 g/mol. The van der Waals surface area contributed by atoms with E-state index in [0.29, 0.717) is 6.04 Å². The first-order chi connectivity index (χ1) is 13.6. The second kappa shape index (κ2) is 14.2. The molecule has 3 N–H and O–H groups in total. The van der Waals surface area contributed by atoms with Gasteiger partial charge in [-0.25, -0.2) is 0 Å². The van der Waals surface area contributed by atoms with Gasteiger partial charge < -0.3 is 20.7 Å². The largest absolute Gasteiger partial charge is 0.379 e. The molecule has 0 saturated carbocycles. The summed E-state index contributed by atoms with van der Waals surface area (Å²) in [6, 6.07) is 11.0. The number of halogens is 1. The van der Waals surface area contributed by atoms with Gasteiger partial charge in [-0.1, -0.05) is 44.2 Å². The molecular formula is C22H40IN5O. The van der Waals surface area contributed by atoms with Gasteiger partial charge >= 0.3 is 0 Å². The Bertz CT molecular complexity index is 574. The van der Waals surface area contributed by atoms with Gasteiger partial charge in [0.2, 0.25) is 0 Å². The Morgan fingerprint density at radius 3 is 2.38 bits per heavy atom. The van der Waals surface area contributed by atoms with Crippen molar-refractivity contribution in [1.29, 1.82) is 0 Å². The van der Waals surface area contributed by atoms with Crippen LogP contribution in [0.15, 0.2) is 35.3 Å². The maximum Gasteiger partial charge on any atom is 0.191 e. The second-order valence-corrected chi connectivity index (χ2v) is 7.57. The molecule has 7 heteroatoms. The summed E-state index contributed by atoms with van der Waals surface area (Å²) in [5.41, 5.74) is 1.35. The molecule has 1 atom stereocenters. The standard InChI is InChI=1S/C22H39N5O.HI/c1-5-22(6-2,26-19(3)20-10-8-7-9-11-20)18-25-21(23-4)24-12-13-27-14-16-28-17-15-27;/h7-11,19,26H,5-6,12-18H2,1-4H3,(H2,23,24,25);1H. The fraction of sp³-hybridized carbons (Fsp3) is 0.682. The molecule has 0 radical (unpaired) electrons. The number of aliphatic imine (C=N–C) groups is 1. The summed E-state index contributed by atoms with van der Waals surface area (Å²) in [5, 5.41) is 10.9. The SMILES string of the molecule is CCC(CC)(CNC(=NC)NCCN1CCOCC1)NC(C)c1ccccc1.I. The van der Waals surface area contributed by atoms with Gasteiger partial charge in [0.15, 0.2) is 5.96 Å². The average molecular weight is 518 g/mol. The zero-order chi connectivity index (χ0) is 20.2. The minimum Gasteiger partial charge on any atom is -0.379 e. The number of benzene rings is 1. The third kappa shape index (κ3) is 8.78. The van der Waals surface area contributed by atoms with Gasteiger partial charge in [0.25, 0.3) is 0 Å². The number of rotatable bonds is 10. The molecule has 29 heavy (non-hydrogen) atoms. The Morgan fingerprint density at radius 2 is 1.79 bits per heavy atom. The summed E-state index contributed by atoms with van der Waals surface area (Å²) in [5.74, 6) is 0.869. The van der Waals surface area contributed by atoms with Crippen molar-refractivity contribution in [2.45, 2.75) is 45.2 Å². The van der Waals surface area contributed by atoms with Crippen molar-refractivity contribution >= 4 is 29.9 Å². The van der Waals surface area contributed by atoms with Gasteiger partial charge in [-0.15, -0.1) is 24.0 Å². The van der Waals surface area contributed by atoms with Gasteiger partial charge in [0, 0.05) is 51.4 Å². The first-order valence-corrected chi connectivity index (χ1v) is 10.7. The van der Waals surface area contributed by atoms with Gasteiger partial charge in [-0.3, -0.25) is 9.89 Å². The molecule has 1 aromatic carbocycles. The summed E-state index contributed by atoms with van der Waals surface area (Å²) in [4.78, 5) is 6.83. The molecule has 0 bridgehead atoms. The van der Waals surface area contributed by atoms with Gasteiger partial charge in [0.05, 0.1) is 13.2 Å². The van der Waals surface area contributed by atoms with Crippen LogP contribution < -0.4 is 16.0 Å². The lowest BCUT2D eigenvalue weighted by atomic mass is 9.90. The first kappa shape index (κ1) is 26.1. The van der Waals surface area contributed by atoms with Crippen molar-refractivity contribution < 1.29 is 4.74 Å². The summed E-state index contributed by atoms with van der Waals surface area (Å²) >= 11 is 0. The van der Waals surface area contributed by atoms with Crippen LogP contribution >= 0.6 is 24.0 Å². The van der Waals surface area contributed by atoms with Crippen LogP contribution in [0.3, 0.4) is 0 Å². The van der Waals surface area contributed by atoms with E-state index >= 15 is 0 Å². The van der Waals surface area contributed by atoms with Crippen molar-refractivity contribution in [3.8, 4) is 0 Å². The number of hydrogen-bond acceptors (Lipinski definition) is 4. The zero-order valence-corrected chi connectivity index (χ0v) is 20.9. The molecule has 1 aliphatic rings. The smallest absolute Gasteiger partial charge is 0.191 e. The molecule has 166 valence electrons. The summed E-state index contributed by atoms with van der Waals surface area (Å²) in [7, 11) is 1.84. The maximum absolute atomic E-state index is 5.41. The topological polar surface area (TPSA) is 60.9 Å². The number of nitrogens with one attached hydrogen (secondary N) is 3. The minimum absolute atomic E-state index is 0. The second-order valence-electron chi connectivity index (χ2n) is 7.57. The van der Waals surface area contributed by atoms with Crippen molar-refractivity contribution in [3.05, 3.63) is 35.9 Å².